The van der Waals surface area contributed by atoms with Crippen molar-refractivity contribution in [1.29, 1.82) is 0 Å². The van der Waals surface area contributed by atoms with E-state index in [0.717, 1.165) is 32.4 Å². The van der Waals surface area contributed by atoms with Crippen LogP contribution in [0.2, 0.25) is 0 Å². The summed E-state index contributed by atoms with van der Waals surface area (Å²) < 4.78 is 0. The minimum Gasteiger partial charge on any atom is -0.371 e. The summed E-state index contributed by atoms with van der Waals surface area (Å²) >= 11 is 0. The van der Waals surface area contributed by atoms with Crippen molar-refractivity contribution in [2.75, 3.05) is 31.1 Å². The third kappa shape index (κ3) is 2.52. The van der Waals surface area contributed by atoms with Gasteiger partial charge in [-0.25, -0.2) is 0 Å². The first-order valence-electron chi connectivity index (χ1n) is 6.97. The van der Waals surface area contributed by atoms with E-state index in [1.807, 2.05) is 0 Å². The molecule has 3 nitrogen and oxygen atoms in total. The first-order valence-corrected chi connectivity index (χ1v) is 6.97. The number of hydrogen-bond acceptors (Lipinski definition) is 3. The molecule has 1 aromatic carbocycles. The van der Waals surface area contributed by atoms with Crippen LogP contribution in [0.1, 0.15) is 25.3 Å². The van der Waals surface area contributed by atoms with Crippen LogP contribution in [0.4, 0.5) is 5.69 Å². The van der Waals surface area contributed by atoms with E-state index in [1.165, 1.54) is 11.3 Å². The van der Waals surface area contributed by atoms with Crippen LogP contribution in [-0.4, -0.2) is 26.2 Å². The molecule has 2 rings (SSSR count). The Morgan fingerprint density at radius 1 is 1.11 bits per heavy atom. The fourth-order valence-electron chi connectivity index (χ4n) is 2.83. The maximum atomic E-state index is 5.89. The van der Waals surface area contributed by atoms with Gasteiger partial charge in [-0.05, 0) is 49.4 Å². The zero-order chi connectivity index (χ0) is 13.0. The highest BCUT2D eigenvalue weighted by Crippen LogP contribution is 2.32. The highest BCUT2D eigenvalue weighted by Gasteiger charge is 2.32. The number of piperidine rings is 1. The molecule has 0 atom stereocenters. The molecular weight excluding hydrogens is 222 g/mol. The monoisotopic (exact) mass is 247 g/mol. The number of benzene rings is 1. The lowest BCUT2D eigenvalue weighted by molar-refractivity contribution is 0.238. The summed E-state index contributed by atoms with van der Waals surface area (Å²) in [5.74, 6) is 0. The number of aryl methyl sites for hydroxylation is 1. The maximum Gasteiger partial charge on any atom is 0.0398 e. The molecule has 0 saturated carbocycles. The fraction of sp³-hybridized carbons (Fsp3) is 0.600. The van der Waals surface area contributed by atoms with E-state index < -0.39 is 0 Å². The Labute approximate surface area is 110 Å². The molecule has 0 aliphatic carbocycles. The van der Waals surface area contributed by atoms with E-state index in [9.17, 15) is 0 Å². The van der Waals surface area contributed by atoms with Gasteiger partial charge in [-0.1, -0.05) is 25.1 Å². The lowest BCUT2D eigenvalue weighted by Crippen LogP contribution is -2.48. The van der Waals surface area contributed by atoms with Crippen LogP contribution in [0.15, 0.2) is 24.3 Å². The van der Waals surface area contributed by atoms with E-state index in [-0.39, 0.29) is 5.41 Å². The Kier molecular flexibility index (Phi) is 4.25. The van der Waals surface area contributed by atoms with Crippen molar-refractivity contribution in [3.8, 4) is 0 Å². The van der Waals surface area contributed by atoms with E-state index in [1.54, 1.807) is 0 Å². The average molecular weight is 247 g/mol. The zero-order valence-corrected chi connectivity index (χ0v) is 11.4. The molecule has 100 valence electrons. The molecule has 0 bridgehead atoms. The summed E-state index contributed by atoms with van der Waals surface area (Å²) in [6, 6.07) is 8.71. The molecule has 18 heavy (non-hydrogen) atoms. The second-order valence-corrected chi connectivity index (χ2v) is 5.38. The van der Waals surface area contributed by atoms with Gasteiger partial charge in [0.1, 0.15) is 0 Å². The van der Waals surface area contributed by atoms with Gasteiger partial charge in [0.05, 0.1) is 0 Å². The van der Waals surface area contributed by atoms with Crippen LogP contribution < -0.4 is 16.4 Å². The molecular formula is C15H25N3. The Balaban J connectivity index is 2.10. The molecule has 0 unspecified atom stereocenters. The highest BCUT2D eigenvalue weighted by molar-refractivity contribution is 5.54. The van der Waals surface area contributed by atoms with Gasteiger partial charge >= 0.3 is 0 Å². The number of anilines is 1. The lowest BCUT2D eigenvalue weighted by atomic mass is 9.78. The summed E-state index contributed by atoms with van der Waals surface area (Å²) in [7, 11) is 0. The summed E-state index contributed by atoms with van der Waals surface area (Å²) in [5, 5.41) is 0. The third-order valence-electron chi connectivity index (χ3n) is 4.40. The molecule has 1 aliphatic heterocycles. The first kappa shape index (κ1) is 13.4. The topological polar surface area (TPSA) is 55.3 Å². The Morgan fingerprint density at radius 3 is 2.28 bits per heavy atom. The largest absolute Gasteiger partial charge is 0.371 e. The third-order valence-corrected chi connectivity index (χ3v) is 4.40. The number of nitrogens with zero attached hydrogens (tertiary/aromatic N) is 1. The first-order chi connectivity index (χ1) is 8.74. The smallest absolute Gasteiger partial charge is 0.0398 e. The fourth-order valence-corrected chi connectivity index (χ4v) is 2.83. The lowest BCUT2D eigenvalue weighted by Gasteiger charge is -2.42. The molecule has 1 saturated heterocycles. The van der Waals surface area contributed by atoms with Crippen LogP contribution in [0.3, 0.4) is 0 Å². The summed E-state index contributed by atoms with van der Waals surface area (Å²) in [4.78, 5) is 2.49. The normalized spacial score (nSPS) is 18.9. The van der Waals surface area contributed by atoms with Gasteiger partial charge in [0, 0.05) is 18.8 Å². The molecule has 0 amide bonds. The average Bonchev–Trinajstić information content (AvgIpc) is 2.47. The summed E-state index contributed by atoms with van der Waals surface area (Å²) in [5.41, 5.74) is 14.8. The van der Waals surface area contributed by atoms with Crippen LogP contribution in [0.5, 0.6) is 0 Å². The molecule has 1 heterocycles. The van der Waals surface area contributed by atoms with E-state index >= 15 is 0 Å². The van der Waals surface area contributed by atoms with Gasteiger partial charge in [0.25, 0.3) is 0 Å². The van der Waals surface area contributed by atoms with E-state index in [2.05, 4.69) is 36.1 Å². The predicted molar refractivity (Wildman–Crippen MR) is 77.8 cm³/mol. The second-order valence-electron chi connectivity index (χ2n) is 5.38. The van der Waals surface area contributed by atoms with Crippen molar-refractivity contribution >= 4 is 5.69 Å². The standard InChI is InChI=1S/C15H25N3/c1-2-13-5-3-4-6-14(13)18-9-7-15(11-16,12-17)8-10-18/h3-6H,2,7-12,16-17H2,1H3. The summed E-state index contributed by atoms with van der Waals surface area (Å²) in [6.07, 6.45) is 3.31. The van der Waals surface area contributed by atoms with Gasteiger partial charge < -0.3 is 16.4 Å². The molecule has 1 aromatic rings. The maximum absolute atomic E-state index is 5.89. The molecule has 1 aliphatic rings. The molecule has 0 radical (unpaired) electrons. The molecule has 0 spiro atoms. The Morgan fingerprint density at radius 2 is 1.72 bits per heavy atom. The SMILES string of the molecule is CCc1ccccc1N1CCC(CN)(CN)CC1. The minimum absolute atomic E-state index is 0.178. The van der Waals surface area contributed by atoms with Crippen LogP contribution in [0.25, 0.3) is 0 Å². The van der Waals surface area contributed by atoms with Crippen LogP contribution in [-0.2, 0) is 6.42 Å². The van der Waals surface area contributed by atoms with Crippen molar-refractivity contribution in [1.82, 2.24) is 0 Å². The van der Waals surface area contributed by atoms with Crippen molar-refractivity contribution in [2.24, 2.45) is 16.9 Å². The van der Waals surface area contributed by atoms with Gasteiger partial charge in [-0.15, -0.1) is 0 Å². The second kappa shape index (κ2) is 5.72. The number of rotatable bonds is 4. The Bertz CT molecular complexity index is 375. The van der Waals surface area contributed by atoms with Crippen molar-refractivity contribution in [2.45, 2.75) is 26.2 Å². The van der Waals surface area contributed by atoms with Gasteiger partial charge in [0.15, 0.2) is 0 Å². The number of nitrogens with two attached hydrogens (primary N) is 2. The van der Waals surface area contributed by atoms with Crippen molar-refractivity contribution < 1.29 is 0 Å². The predicted octanol–water partition coefficient (Wildman–Crippen LogP) is 1.75. The van der Waals surface area contributed by atoms with E-state index in [4.69, 9.17) is 11.5 Å². The molecule has 1 fully saturated rings. The summed E-state index contributed by atoms with van der Waals surface area (Å²) in [6.45, 7) is 5.79. The van der Waals surface area contributed by atoms with Crippen LogP contribution in [0, 0.1) is 5.41 Å². The highest BCUT2D eigenvalue weighted by atomic mass is 15.1. The van der Waals surface area contributed by atoms with Crippen molar-refractivity contribution in [3.05, 3.63) is 29.8 Å². The van der Waals surface area contributed by atoms with Crippen molar-refractivity contribution in [3.63, 3.8) is 0 Å². The number of hydrogen-bond donors (Lipinski definition) is 2. The quantitative estimate of drug-likeness (QED) is 0.852. The van der Waals surface area contributed by atoms with Crippen LogP contribution >= 0.6 is 0 Å². The van der Waals surface area contributed by atoms with Gasteiger partial charge in [0.2, 0.25) is 0 Å². The Hall–Kier alpha value is -1.06. The van der Waals surface area contributed by atoms with Gasteiger partial charge in [-0.3, -0.25) is 0 Å². The molecule has 4 N–H and O–H groups in total. The minimum atomic E-state index is 0.178. The molecule has 0 aromatic heterocycles. The van der Waals surface area contributed by atoms with Gasteiger partial charge in [-0.2, -0.15) is 0 Å². The molecule has 3 heteroatoms. The number of para-hydroxylation sites is 1. The van der Waals surface area contributed by atoms with E-state index in [0.29, 0.717) is 13.1 Å². The zero-order valence-electron chi connectivity index (χ0n) is 11.4.